The maximum Gasteiger partial charge on any atom is 0.410 e. The lowest BCUT2D eigenvalue weighted by molar-refractivity contribution is 0.0174. The van der Waals surface area contributed by atoms with Gasteiger partial charge in [-0.3, -0.25) is 0 Å². The number of piperidine rings is 1. The number of urea groups is 1. The SMILES string of the molecule is CN(C(=O)Nc1ccc(-c2ccc(Cl)s2)cc1)C1CCN(C(=O)OC(C)(C)C)CC1. The van der Waals surface area contributed by atoms with Crippen molar-refractivity contribution in [1.82, 2.24) is 9.80 Å². The van der Waals surface area contributed by atoms with E-state index in [9.17, 15) is 9.59 Å². The standard InChI is InChI=1S/C22H28ClN3O3S/c1-22(2,3)29-21(28)26-13-11-17(12-14-26)25(4)20(27)24-16-7-5-15(6-8-16)18-9-10-19(23)30-18/h5-10,17H,11-14H2,1-4H3,(H,24,27). The number of hydrogen-bond donors (Lipinski definition) is 1. The second-order valence-electron chi connectivity index (χ2n) is 8.42. The van der Waals surface area contributed by atoms with Gasteiger partial charge < -0.3 is 19.9 Å². The molecule has 3 rings (SSSR count). The number of carbonyl (C=O) groups is 2. The molecule has 2 heterocycles. The monoisotopic (exact) mass is 449 g/mol. The Bertz CT molecular complexity index is 884. The highest BCUT2D eigenvalue weighted by molar-refractivity contribution is 7.19. The molecule has 1 aliphatic rings. The Morgan fingerprint density at radius 1 is 1.13 bits per heavy atom. The van der Waals surface area contributed by atoms with Crippen molar-refractivity contribution in [3.8, 4) is 10.4 Å². The molecule has 1 aromatic carbocycles. The van der Waals surface area contributed by atoms with Crippen LogP contribution in [0, 0.1) is 0 Å². The summed E-state index contributed by atoms with van der Waals surface area (Å²) in [5.74, 6) is 0. The molecule has 1 fully saturated rings. The van der Waals surface area contributed by atoms with Crippen LogP contribution in [-0.4, -0.2) is 53.7 Å². The minimum atomic E-state index is -0.504. The molecule has 1 N–H and O–H groups in total. The molecule has 0 atom stereocenters. The van der Waals surface area contributed by atoms with Crippen molar-refractivity contribution in [2.24, 2.45) is 0 Å². The van der Waals surface area contributed by atoms with E-state index in [1.54, 1.807) is 16.8 Å². The maximum atomic E-state index is 12.7. The third kappa shape index (κ3) is 5.89. The fourth-order valence-electron chi connectivity index (χ4n) is 3.33. The number of hydrogen-bond acceptors (Lipinski definition) is 4. The molecule has 3 amide bonds. The quantitative estimate of drug-likeness (QED) is 0.631. The van der Waals surface area contributed by atoms with E-state index in [2.05, 4.69) is 5.32 Å². The third-order valence-corrected chi connectivity index (χ3v) is 6.26. The van der Waals surface area contributed by atoms with Crippen LogP contribution in [0.15, 0.2) is 36.4 Å². The lowest BCUT2D eigenvalue weighted by Crippen LogP contribution is -2.49. The number of likely N-dealkylation sites (tertiary alicyclic amines) is 1. The minimum absolute atomic E-state index is 0.0798. The topological polar surface area (TPSA) is 61.9 Å². The molecule has 0 aliphatic carbocycles. The summed E-state index contributed by atoms with van der Waals surface area (Å²) in [7, 11) is 1.80. The summed E-state index contributed by atoms with van der Waals surface area (Å²) >= 11 is 7.52. The summed E-state index contributed by atoms with van der Waals surface area (Å²) in [6.45, 7) is 6.73. The predicted octanol–water partition coefficient (Wildman–Crippen LogP) is 5.93. The van der Waals surface area contributed by atoms with Crippen molar-refractivity contribution < 1.29 is 14.3 Å². The number of carbonyl (C=O) groups excluding carboxylic acids is 2. The number of ether oxygens (including phenoxy) is 1. The molecule has 1 aliphatic heterocycles. The summed E-state index contributed by atoms with van der Waals surface area (Å²) in [5.41, 5.74) is 1.30. The van der Waals surface area contributed by atoms with Crippen LogP contribution < -0.4 is 5.32 Å². The van der Waals surface area contributed by atoms with Gasteiger partial charge in [-0.1, -0.05) is 23.7 Å². The van der Waals surface area contributed by atoms with E-state index >= 15 is 0 Å². The number of rotatable bonds is 3. The van der Waals surface area contributed by atoms with E-state index in [4.69, 9.17) is 16.3 Å². The van der Waals surface area contributed by atoms with Gasteiger partial charge in [0.2, 0.25) is 0 Å². The Morgan fingerprint density at radius 2 is 1.77 bits per heavy atom. The third-order valence-electron chi connectivity index (χ3n) is 4.98. The number of nitrogens with zero attached hydrogens (tertiary/aromatic N) is 2. The first-order chi connectivity index (χ1) is 14.1. The van der Waals surface area contributed by atoms with Crippen molar-refractivity contribution in [3.05, 3.63) is 40.7 Å². The zero-order valence-corrected chi connectivity index (χ0v) is 19.3. The van der Waals surface area contributed by atoms with E-state index in [1.165, 1.54) is 11.3 Å². The normalized spacial score (nSPS) is 15.0. The number of halogens is 1. The number of amides is 3. The van der Waals surface area contributed by atoms with E-state index in [1.807, 2.05) is 57.2 Å². The summed E-state index contributed by atoms with van der Waals surface area (Å²) in [4.78, 5) is 29.4. The molecular formula is C22H28ClN3O3S. The van der Waals surface area contributed by atoms with Gasteiger partial charge in [0.15, 0.2) is 0 Å². The molecule has 0 saturated carbocycles. The molecular weight excluding hydrogens is 422 g/mol. The fourth-order valence-corrected chi connectivity index (χ4v) is 4.38. The first-order valence-electron chi connectivity index (χ1n) is 10.00. The van der Waals surface area contributed by atoms with Crippen molar-refractivity contribution in [1.29, 1.82) is 0 Å². The molecule has 0 bridgehead atoms. The van der Waals surface area contributed by atoms with Gasteiger partial charge in [0.25, 0.3) is 0 Å². The van der Waals surface area contributed by atoms with Gasteiger partial charge in [0.1, 0.15) is 5.60 Å². The second kappa shape index (κ2) is 9.27. The Balaban J connectivity index is 1.51. The molecule has 1 saturated heterocycles. The number of benzene rings is 1. The summed E-state index contributed by atoms with van der Waals surface area (Å²) in [5, 5.41) is 2.95. The van der Waals surface area contributed by atoms with Crippen molar-refractivity contribution in [2.45, 2.75) is 45.3 Å². The summed E-state index contributed by atoms with van der Waals surface area (Å²) in [6.07, 6.45) is 1.16. The van der Waals surface area contributed by atoms with Gasteiger partial charge >= 0.3 is 12.1 Å². The van der Waals surface area contributed by atoms with Crippen molar-refractivity contribution >= 4 is 40.7 Å². The molecule has 0 unspecified atom stereocenters. The van der Waals surface area contributed by atoms with Crippen LogP contribution in [-0.2, 0) is 4.74 Å². The zero-order chi connectivity index (χ0) is 21.9. The van der Waals surface area contributed by atoms with Gasteiger partial charge in [-0.25, -0.2) is 9.59 Å². The van der Waals surface area contributed by atoms with E-state index in [0.29, 0.717) is 13.1 Å². The van der Waals surface area contributed by atoms with Crippen LogP contribution in [0.25, 0.3) is 10.4 Å². The molecule has 0 spiro atoms. The predicted molar refractivity (Wildman–Crippen MR) is 122 cm³/mol. The Hall–Kier alpha value is -2.25. The maximum absolute atomic E-state index is 12.7. The van der Waals surface area contributed by atoms with Gasteiger partial charge in [-0.15, -0.1) is 11.3 Å². The van der Waals surface area contributed by atoms with Crippen molar-refractivity contribution in [3.63, 3.8) is 0 Å². The highest BCUT2D eigenvalue weighted by Crippen LogP contribution is 2.31. The number of anilines is 1. The number of thiophene rings is 1. The molecule has 162 valence electrons. The average Bonchev–Trinajstić information content (AvgIpc) is 3.13. The molecule has 2 aromatic rings. The van der Waals surface area contributed by atoms with Crippen LogP contribution >= 0.6 is 22.9 Å². The fraction of sp³-hybridized carbons (Fsp3) is 0.455. The average molecular weight is 450 g/mol. The molecule has 1 aromatic heterocycles. The molecule has 6 nitrogen and oxygen atoms in total. The smallest absolute Gasteiger partial charge is 0.410 e. The highest BCUT2D eigenvalue weighted by Gasteiger charge is 2.30. The Morgan fingerprint density at radius 3 is 2.30 bits per heavy atom. The molecule has 30 heavy (non-hydrogen) atoms. The van der Waals surface area contributed by atoms with Crippen LogP contribution in [0.2, 0.25) is 4.34 Å². The van der Waals surface area contributed by atoms with E-state index in [0.717, 1.165) is 33.3 Å². The first-order valence-corrected chi connectivity index (χ1v) is 11.2. The minimum Gasteiger partial charge on any atom is -0.444 e. The van der Waals surface area contributed by atoms with E-state index < -0.39 is 5.60 Å². The van der Waals surface area contributed by atoms with Gasteiger partial charge in [-0.05, 0) is 63.4 Å². The second-order valence-corrected chi connectivity index (χ2v) is 10.1. The van der Waals surface area contributed by atoms with Crippen molar-refractivity contribution in [2.75, 3.05) is 25.5 Å². The lowest BCUT2D eigenvalue weighted by Gasteiger charge is -2.37. The Kier molecular flexibility index (Phi) is 6.93. The van der Waals surface area contributed by atoms with E-state index in [-0.39, 0.29) is 18.2 Å². The zero-order valence-electron chi connectivity index (χ0n) is 17.8. The largest absolute Gasteiger partial charge is 0.444 e. The van der Waals surface area contributed by atoms with Crippen LogP contribution in [0.3, 0.4) is 0 Å². The van der Waals surface area contributed by atoms with Crippen LogP contribution in [0.5, 0.6) is 0 Å². The highest BCUT2D eigenvalue weighted by atomic mass is 35.5. The lowest BCUT2D eigenvalue weighted by atomic mass is 10.0. The van der Waals surface area contributed by atoms with Crippen LogP contribution in [0.4, 0.5) is 15.3 Å². The van der Waals surface area contributed by atoms with Gasteiger partial charge in [0, 0.05) is 36.7 Å². The summed E-state index contributed by atoms with van der Waals surface area (Å²) < 4.78 is 6.18. The molecule has 0 radical (unpaired) electrons. The molecule has 8 heteroatoms. The van der Waals surface area contributed by atoms with Gasteiger partial charge in [-0.2, -0.15) is 0 Å². The number of nitrogens with one attached hydrogen (secondary N) is 1. The van der Waals surface area contributed by atoms with Crippen LogP contribution in [0.1, 0.15) is 33.6 Å². The first kappa shape index (κ1) is 22.4. The van der Waals surface area contributed by atoms with Gasteiger partial charge in [0.05, 0.1) is 4.34 Å². The summed E-state index contributed by atoms with van der Waals surface area (Å²) in [6, 6.07) is 11.5. The Labute approximate surface area is 186 Å².